The van der Waals surface area contributed by atoms with Crippen LogP contribution in [0.3, 0.4) is 0 Å². The number of rotatable bonds is 5. The molecule has 11 heteroatoms. The number of primary amides is 1. The van der Waals surface area contributed by atoms with Gasteiger partial charge in [-0.2, -0.15) is 8.42 Å². The number of carbonyl (C=O) groups is 2. The Morgan fingerprint density at radius 1 is 1.43 bits per heavy atom. The van der Waals surface area contributed by atoms with Gasteiger partial charge in [0.1, 0.15) is 5.15 Å². The van der Waals surface area contributed by atoms with Gasteiger partial charge in [0.15, 0.2) is 0 Å². The molecule has 0 bridgehead atoms. The van der Waals surface area contributed by atoms with Gasteiger partial charge in [0.2, 0.25) is 0 Å². The van der Waals surface area contributed by atoms with Gasteiger partial charge in [-0.25, -0.2) is 14.6 Å². The van der Waals surface area contributed by atoms with Gasteiger partial charge in [0, 0.05) is 19.3 Å². The summed E-state index contributed by atoms with van der Waals surface area (Å²) in [5, 5.41) is 2.07. The highest BCUT2D eigenvalue weighted by Crippen LogP contribution is 2.08. The topological polar surface area (TPSA) is 143 Å². The third-order valence-corrected chi connectivity index (χ3v) is 3.22. The van der Waals surface area contributed by atoms with Gasteiger partial charge in [-0.15, -0.1) is 0 Å². The number of urea groups is 2. The number of carbonyl (C=O) groups excluding carboxylic acids is 2. The van der Waals surface area contributed by atoms with E-state index in [0.717, 1.165) is 4.90 Å². The number of amides is 4. The molecule has 0 aliphatic rings. The number of imide groups is 1. The molecule has 0 aromatic carbocycles. The highest BCUT2D eigenvalue weighted by Gasteiger charge is 2.18. The fourth-order valence-electron chi connectivity index (χ4n) is 1.38. The summed E-state index contributed by atoms with van der Waals surface area (Å²) in [5.74, 6) is -0.680. The predicted molar refractivity (Wildman–Crippen MR) is 74.2 cm³/mol. The van der Waals surface area contributed by atoms with Gasteiger partial charge in [0.25, 0.3) is 10.1 Å². The van der Waals surface area contributed by atoms with Crippen molar-refractivity contribution in [3.05, 3.63) is 29.0 Å². The maximum absolute atomic E-state index is 11.7. The number of aromatic nitrogens is 1. The monoisotopic (exact) mass is 336 g/mol. The van der Waals surface area contributed by atoms with Crippen molar-refractivity contribution in [3.8, 4) is 0 Å². The lowest BCUT2D eigenvalue weighted by atomic mass is 10.2. The van der Waals surface area contributed by atoms with Crippen LogP contribution in [0.25, 0.3) is 0 Å². The predicted octanol–water partition coefficient (Wildman–Crippen LogP) is 0.213. The average Bonchev–Trinajstić information content (AvgIpc) is 2.34. The van der Waals surface area contributed by atoms with Crippen LogP contribution in [0.2, 0.25) is 5.15 Å². The molecular formula is C10H13ClN4O5S. The summed E-state index contributed by atoms with van der Waals surface area (Å²) in [7, 11) is -4.25. The summed E-state index contributed by atoms with van der Waals surface area (Å²) in [6.07, 6.45) is 1.39. The summed E-state index contributed by atoms with van der Waals surface area (Å²) >= 11 is 5.62. The van der Waals surface area contributed by atoms with Crippen molar-refractivity contribution < 1.29 is 22.6 Å². The van der Waals surface area contributed by atoms with Gasteiger partial charge >= 0.3 is 12.1 Å². The highest BCUT2D eigenvalue weighted by molar-refractivity contribution is 7.85. The molecule has 9 nitrogen and oxygen atoms in total. The van der Waals surface area contributed by atoms with Crippen molar-refractivity contribution in [1.29, 1.82) is 0 Å². The number of pyridine rings is 1. The van der Waals surface area contributed by atoms with Gasteiger partial charge in [-0.1, -0.05) is 17.7 Å². The SMILES string of the molecule is NC(=O)NC(=O)N(CCS(=O)(=O)O)Cc1ccc(Cl)nc1. The zero-order valence-electron chi connectivity index (χ0n) is 10.7. The van der Waals surface area contributed by atoms with E-state index < -0.39 is 27.9 Å². The van der Waals surface area contributed by atoms with Crippen LogP contribution >= 0.6 is 11.6 Å². The molecule has 0 fully saturated rings. The molecule has 1 rings (SSSR count). The van der Waals surface area contributed by atoms with Crippen molar-refractivity contribution in [2.75, 3.05) is 12.3 Å². The number of halogens is 1. The molecule has 21 heavy (non-hydrogen) atoms. The Kier molecular flexibility index (Phi) is 5.88. The van der Waals surface area contributed by atoms with E-state index in [0.29, 0.717) is 5.56 Å². The summed E-state index contributed by atoms with van der Waals surface area (Å²) in [6.45, 7) is -0.376. The Hall–Kier alpha value is -1.91. The van der Waals surface area contributed by atoms with Gasteiger partial charge < -0.3 is 10.6 Å². The molecule has 0 spiro atoms. The van der Waals surface area contributed by atoms with E-state index in [1.165, 1.54) is 12.3 Å². The van der Waals surface area contributed by atoms with E-state index in [4.69, 9.17) is 21.9 Å². The second kappa shape index (κ2) is 7.20. The Labute approximate surface area is 125 Å². The molecule has 1 aromatic heterocycles. The lowest BCUT2D eigenvalue weighted by Gasteiger charge is -2.21. The minimum Gasteiger partial charge on any atom is -0.351 e. The molecule has 1 heterocycles. The van der Waals surface area contributed by atoms with Crippen molar-refractivity contribution >= 4 is 33.8 Å². The summed E-state index contributed by atoms with van der Waals surface area (Å²) in [4.78, 5) is 27.2. The van der Waals surface area contributed by atoms with Crippen LogP contribution in [0.1, 0.15) is 5.56 Å². The molecule has 0 radical (unpaired) electrons. The zero-order valence-corrected chi connectivity index (χ0v) is 12.3. The zero-order chi connectivity index (χ0) is 16.0. The smallest absolute Gasteiger partial charge is 0.325 e. The van der Waals surface area contributed by atoms with E-state index >= 15 is 0 Å². The van der Waals surface area contributed by atoms with E-state index in [1.807, 2.05) is 5.32 Å². The maximum atomic E-state index is 11.7. The normalized spacial score (nSPS) is 11.0. The Balaban J connectivity index is 2.82. The van der Waals surface area contributed by atoms with E-state index in [1.54, 1.807) is 6.07 Å². The first kappa shape index (κ1) is 17.1. The second-order valence-electron chi connectivity index (χ2n) is 3.99. The standard InChI is InChI=1S/C10H13ClN4O5S/c11-8-2-1-7(5-13-8)6-15(3-4-21(18,19)20)10(17)14-9(12)16/h1-2,5H,3-4,6H2,(H,18,19,20)(H3,12,14,16,17). The third kappa shape index (κ3) is 6.88. The second-order valence-corrected chi connectivity index (χ2v) is 5.95. The molecule has 0 aliphatic carbocycles. The average molecular weight is 337 g/mol. The van der Waals surface area contributed by atoms with Crippen molar-refractivity contribution in [3.63, 3.8) is 0 Å². The van der Waals surface area contributed by atoms with Crippen LogP contribution in [0.15, 0.2) is 18.3 Å². The quantitative estimate of drug-likeness (QED) is 0.518. The number of nitrogens with one attached hydrogen (secondary N) is 1. The molecule has 0 atom stereocenters. The van der Waals surface area contributed by atoms with Crippen LogP contribution < -0.4 is 11.1 Å². The van der Waals surface area contributed by atoms with Crippen LogP contribution in [0.4, 0.5) is 9.59 Å². The van der Waals surface area contributed by atoms with Crippen LogP contribution in [-0.2, 0) is 16.7 Å². The van der Waals surface area contributed by atoms with Crippen molar-refractivity contribution in [2.24, 2.45) is 5.73 Å². The summed E-state index contributed by atoms with van der Waals surface area (Å²) in [5.41, 5.74) is 5.38. The number of nitrogens with two attached hydrogens (primary N) is 1. The van der Waals surface area contributed by atoms with Crippen molar-refractivity contribution in [1.82, 2.24) is 15.2 Å². The molecular weight excluding hydrogens is 324 g/mol. The maximum Gasteiger partial charge on any atom is 0.325 e. The molecule has 0 unspecified atom stereocenters. The minimum atomic E-state index is -4.25. The van der Waals surface area contributed by atoms with Crippen LogP contribution in [-0.4, -0.2) is 47.2 Å². The number of nitrogens with zero attached hydrogens (tertiary/aromatic N) is 2. The first-order chi connectivity index (χ1) is 9.67. The fraction of sp³-hybridized carbons (Fsp3) is 0.300. The fourth-order valence-corrected chi connectivity index (χ4v) is 1.95. The third-order valence-electron chi connectivity index (χ3n) is 2.30. The molecule has 4 N–H and O–H groups in total. The Morgan fingerprint density at radius 2 is 2.10 bits per heavy atom. The minimum absolute atomic E-state index is 0.0429. The highest BCUT2D eigenvalue weighted by atomic mass is 35.5. The van der Waals surface area contributed by atoms with Gasteiger partial charge in [-0.05, 0) is 11.6 Å². The Bertz CT molecular complexity index is 619. The van der Waals surface area contributed by atoms with Crippen LogP contribution in [0.5, 0.6) is 0 Å². The van der Waals surface area contributed by atoms with Crippen molar-refractivity contribution in [2.45, 2.75) is 6.54 Å². The Morgan fingerprint density at radius 3 is 2.57 bits per heavy atom. The number of hydrogen-bond acceptors (Lipinski definition) is 5. The molecule has 0 aliphatic heterocycles. The van der Waals surface area contributed by atoms with Gasteiger partial charge in [0.05, 0.1) is 5.75 Å². The lowest BCUT2D eigenvalue weighted by Crippen LogP contribution is -2.46. The molecule has 1 aromatic rings. The molecule has 0 saturated carbocycles. The summed E-state index contributed by atoms with van der Waals surface area (Å²) in [6, 6.07) is 1.10. The van der Waals surface area contributed by atoms with Gasteiger partial charge in [-0.3, -0.25) is 9.87 Å². The number of hydrogen-bond donors (Lipinski definition) is 3. The largest absolute Gasteiger partial charge is 0.351 e. The molecule has 116 valence electrons. The first-order valence-corrected chi connectivity index (χ1v) is 7.57. The molecule has 4 amide bonds. The summed E-state index contributed by atoms with van der Waals surface area (Å²) < 4.78 is 30.2. The van der Waals surface area contributed by atoms with E-state index in [-0.39, 0.29) is 18.2 Å². The first-order valence-electron chi connectivity index (χ1n) is 5.58. The molecule has 0 saturated heterocycles. The van der Waals surface area contributed by atoms with E-state index in [2.05, 4.69) is 4.98 Å². The van der Waals surface area contributed by atoms with Crippen LogP contribution in [0, 0.1) is 0 Å². The van der Waals surface area contributed by atoms with E-state index in [9.17, 15) is 18.0 Å². The lowest BCUT2D eigenvalue weighted by molar-refractivity contribution is 0.196.